The van der Waals surface area contributed by atoms with Gasteiger partial charge < -0.3 is 9.64 Å². The first-order valence-corrected chi connectivity index (χ1v) is 9.88. The minimum atomic E-state index is 0.0518. The van der Waals surface area contributed by atoms with Crippen LogP contribution in [0.25, 0.3) is 0 Å². The maximum atomic E-state index is 12.4. The van der Waals surface area contributed by atoms with E-state index in [2.05, 4.69) is 6.92 Å². The number of benzene rings is 2. The minimum Gasteiger partial charge on any atom is -0.494 e. The molecule has 1 N–H and O–H groups in total. The number of nitrogens with one attached hydrogen (secondary N) is 1. The van der Waals surface area contributed by atoms with Gasteiger partial charge in [0.05, 0.1) is 26.2 Å². The molecule has 1 fully saturated rings. The summed E-state index contributed by atoms with van der Waals surface area (Å²) in [5, 5.41) is 0. The average Bonchev–Trinajstić information content (AvgIpc) is 2.70. The van der Waals surface area contributed by atoms with Gasteiger partial charge >= 0.3 is 0 Å². The monoisotopic (exact) mass is 352 g/mol. The number of piperidine rings is 1. The van der Waals surface area contributed by atoms with Gasteiger partial charge in [0.2, 0.25) is 0 Å². The average molecular weight is 352 g/mol. The van der Waals surface area contributed by atoms with E-state index in [0.717, 1.165) is 30.3 Å². The number of quaternary nitrogens is 1. The highest BCUT2D eigenvalue weighted by molar-refractivity contribution is 6.08. The van der Waals surface area contributed by atoms with Gasteiger partial charge in [-0.05, 0) is 55.9 Å². The van der Waals surface area contributed by atoms with E-state index < -0.39 is 0 Å². The smallest absolute Gasteiger partial charge is 0.193 e. The Morgan fingerprint density at radius 2 is 1.62 bits per heavy atom. The second-order valence-corrected chi connectivity index (χ2v) is 7.46. The summed E-state index contributed by atoms with van der Waals surface area (Å²) in [6, 6.07) is 16.9. The number of ketones is 1. The molecule has 0 aliphatic carbocycles. The largest absolute Gasteiger partial charge is 0.494 e. The van der Waals surface area contributed by atoms with Crippen LogP contribution in [0.1, 0.15) is 48.5 Å². The normalized spacial score (nSPS) is 19.9. The lowest BCUT2D eigenvalue weighted by Gasteiger charge is -2.27. The maximum Gasteiger partial charge on any atom is 0.193 e. The molecule has 0 aromatic heterocycles. The van der Waals surface area contributed by atoms with Crippen molar-refractivity contribution in [3.05, 3.63) is 65.7 Å². The van der Waals surface area contributed by atoms with Gasteiger partial charge in [-0.2, -0.15) is 0 Å². The van der Waals surface area contributed by atoms with Gasteiger partial charge in [0.1, 0.15) is 5.75 Å². The first-order chi connectivity index (χ1) is 12.7. The van der Waals surface area contributed by atoms with Crippen molar-refractivity contribution in [1.29, 1.82) is 0 Å². The van der Waals surface area contributed by atoms with E-state index in [4.69, 9.17) is 4.74 Å². The standard InChI is InChI=1S/C23H29NO2/c1-19-13-16-24(17-14-19)15-5-6-18-26-22-11-9-21(10-12-22)23(25)20-7-3-2-4-8-20/h2-4,7-12,19H,5-6,13-18H2,1H3/p+1. The number of carbonyl (C=O) groups excluding carboxylic acids is 1. The van der Waals surface area contributed by atoms with E-state index in [1.165, 1.54) is 38.9 Å². The number of hydrogen-bond acceptors (Lipinski definition) is 2. The van der Waals surface area contributed by atoms with Crippen LogP contribution in [0.2, 0.25) is 0 Å². The third-order valence-electron chi connectivity index (χ3n) is 5.33. The Bertz CT molecular complexity index is 673. The summed E-state index contributed by atoms with van der Waals surface area (Å²) in [6.45, 7) is 7.04. The third-order valence-corrected chi connectivity index (χ3v) is 5.33. The number of ether oxygens (including phenoxy) is 1. The second-order valence-electron chi connectivity index (χ2n) is 7.46. The van der Waals surface area contributed by atoms with Crippen molar-refractivity contribution in [2.45, 2.75) is 32.6 Å². The van der Waals surface area contributed by atoms with Crippen LogP contribution < -0.4 is 9.64 Å². The Kier molecular flexibility index (Phi) is 6.84. The molecule has 1 saturated heterocycles. The molecule has 1 heterocycles. The summed E-state index contributed by atoms with van der Waals surface area (Å²) in [7, 11) is 0. The van der Waals surface area contributed by atoms with Gasteiger partial charge in [-0.25, -0.2) is 0 Å². The molecule has 138 valence electrons. The first kappa shape index (κ1) is 18.7. The predicted octanol–water partition coefficient (Wildman–Crippen LogP) is 3.39. The Morgan fingerprint density at radius 1 is 0.962 bits per heavy atom. The van der Waals surface area contributed by atoms with Crippen molar-refractivity contribution < 1.29 is 14.4 Å². The van der Waals surface area contributed by atoms with Gasteiger partial charge in [0, 0.05) is 11.1 Å². The van der Waals surface area contributed by atoms with E-state index in [-0.39, 0.29) is 5.78 Å². The van der Waals surface area contributed by atoms with Crippen LogP contribution in [-0.4, -0.2) is 32.0 Å². The van der Waals surface area contributed by atoms with Crippen LogP contribution >= 0.6 is 0 Å². The molecule has 0 radical (unpaired) electrons. The van der Waals surface area contributed by atoms with E-state index in [1.807, 2.05) is 54.6 Å². The van der Waals surface area contributed by atoms with E-state index in [9.17, 15) is 4.79 Å². The van der Waals surface area contributed by atoms with Crippen LogP contribution in [0.4, 0.5) is 0 Å². The highest BCUT2D eigenvalue weighted by atomic mass is 16.5. The molecule has 2 aromatic carbocycles. The molecular weight excluding hydrogens is 322 g/mol. The summed E-state index contributed by atoms with van der Waals surface area (Å²) in [5.41, 5.74) is 1.42. The highest BCUT2D eigenvalue weighted by Crippen LogP contribution is 2.16. The van der Waals surface area contributed by atoms with E-state index in [1.54, 1.807) is 4.90 Å². The zero-order valence-electron chi connectivity index (χ0n) is 15.7. The topological polar surface area (TPSA) is 30.7 Å². The van der Waals surface area contributed by atoms with Crippen molar-refractivity contribution in [3.8, 4) is 5.75 Å². The summed E-state index contributed by atoms with van der Waals surface area (Å²) >= 11 is 0. The Morgan fingerprint density at radius 3 is 2.31 bits per heavy atom. The quantitative estimate of drug-likeness (QED) is 0.583. The molecule has 0 saturated carbocycles. The fourth-order valence-electron chi connectivity index (χ4n) is 3.55. The number of rotatable bonds is 8. The van der Waals surface area contributed by atoms with Gasteiger partial charge in [-0.1, -0.05) is 37.3 Å². The molecule has 3 nitrogen and oxygen atoms in total. The zero-order valence-corrected chi connectivity index (χ0v) is 15.7. The first-order valence-electron chi connectivity index (χ1n) is 9.88. The van der Waals surface area contributed by atoms with Crippen LogP contribution in [-0.2, 0) is 0 Å². The molecule has 0 amide bonds. The lowest BCUT2D eigenvalue weighted by atomic mass is 9.99. The highest BCUT2D eigenvalue weighted by Gasteiger charge is 2.17. The number of unbranched alkanes of at least 4 members (excludes halogenated alkanes) is 1. The fourth-order valence-corrected chi connectivity index (χ4v) is 3.55. The molecule has 2 aromatic rings. The fraction of sp³-hybridized carbons (Fsp3) is 0.435. The van der Waals surface area contributed by atoms with Crippen LogP contribution in [0, 0.1) is 5.92 Å². The lowest BCUT2D eigenvalue weighted by molar-refractivity contribution is -0.906. The lowest BCUT2D eigenvalue weighted by Crippen LogP contribution is -3.13. The van der Waals surface area contributed by atoms with E-state index >= 15 is 0 Å². The summed E-state index contributed by atoms with van der Waals surface area (Å²) in [4.78, 5) is 14.1. The number of likely N-dealkylation sites (tertiary alicyclic amines) is 1. The second kappa shape index (κ2) is 9.54. The molecule has 0 spiro atoms. The molecule has 1 aliphatic rings. The number of carbonyl (C=O) groups is 1. The third kappa shape index (κ3) is 5.43. The van der Waals surface area contributed by atoms with Crippen molar-refractivity contribution in [3.63, 3.8) is 0 Å². The summed E-state index contributed by atoms with van der Waals surface area (Å²) < 4.78 is 5.83. The Balaban J connectivity index is 1.37. The summed E-state index contributed by atoms with van der Waals surface area (Å²) in [5.74, 6) is 1.81. The van der Waals surface area contributed by atoms with Crippen LogP contribution in [0.15, 0.2) is 54.6 Å². The van der Waals surface area contributed by atoms with Crippen molar-refractivity contribution in [1.82, 2.24) is 0 Å². The van der Waals surface area contributed by atoms with Crippen molar-refractivity contribution in [2.24, 2.45) is 5.92 Å². The molecule has 1 aliphatic heterocycles. The van der Waals surface area contributed by atoms with Crippen LogP contribution in [0.3, 0.4) is 0 Å². The summed E-state index contributed by atoms with van der Waals surface area (Å²) in [6.07, 6.45) is 5.05. The van der Waals surface area contributed by atoms with Crippen LogP contribution in [0.5, 0.6) is 5.75 Å². The van der Waals surface area contributed by atoms with E-state index in [0.29, 0.717) is 5.56 Å². The molecule has 0 atom stereocenters. The minimum absolute atomic E-state index is 0.0518. The van der Waals surface area contributed by atoms with Crippen molar-refractivity contribution >= 4 is 5.78 Å². The zero-order chi connectivity index (χ0) is 18.2. The van der Waals surface area contributed by atoms with Gasteiger partial charge in [-0.3, -0.25) is 4.79 Å². The Labute approximate surface area is 157 Å². The Hall–Kier alpha value is -2.13. The predicted molar refractivity (Wildman–Crippen MR) is 105 cm³/mol. The maximum absolute atomic E-state index is 12.4. The van der Waals surface area contributed by atoms with Crippen molar-refractivity contribution in [2.75, 3.05) is 26.2 Å². The molecular formula is C23H30NO2+. The molecule has 0 unspecified atom stereocenters. The molecule has 26 heavy (non-hydrogen) atoms. The number of hydrogen-bond donors (Lipinski definition) is 1. The molecule has 3 rings (SSSR count). The SMILES string of the molecule is CC1CC[NH+](CCCCOc2ccc(C(=O)c3ccccc3)cc2)CC1. The van der Waals surface area contributed by atoms with Gasteiger partial charge in [-0.15, -0.1) is 0 Å². The van der Waals surface area contributed by atoms with Gasteiger partial charge in [0.25, 0.3) is 0 Å². The van der Waals surface area contributed by atoms with Gasteiger partial charge in [0.15, 0.2) is 5.78 Å². The molecule has 0 bridgehead atoms. The molecule has 3 heteroatoms.